The Labute approximate surface area is 160 Å². The molecule has 1 saturated heterocycles. The number of hydrogen-bond acceptors (Lipinski definition) is 4. The average molecular weight is 388 g/mol. The summed E-state index contributed by atoms with van der Waals surface area (Å²) >= 11 is 0. The zero-order chi connectivity index (χ0) is 19.4. The van der Waals surface area contributed by atoms with Crippen LogP contribution < -0.4 is 10.0 Å². The lowest BCUT2D eigenvalue weighted by Crippen LogP contribution is -2.34. The Morgan fingerprint density at radius 1 is 1.07 bits per heavy atom. The van der Waals surface area contributed by atoms with Gasteiger partial charge in [0.1, 0.15) is 0 Å². The Morgan fingerprint density at radius 3 is 2.70 bits per heavy atom. The lowest BCUT2D eigenvalue weighted by Gasteiger charge is -2.20. The molecule has 0 aliphatic carbocycles. The van der Waals surface area contributed by atoms with Crippen molar-refractivity contribution in [3.05, 3.63) is 59.2 Å². The first-order valence-corrected chi connectivity index (χ1v) is 10.6. The first kappa shape index (κ1) is 19.4. The number of nitrogens with one attached hydrogen (secondary N) is 2. The fraction of sp³-hybridized carbons (Fsp3) is 0.350. The summed E-state index contributed by atoms with van der Waals surface area (Å²) in [6, 6.07) is 12.0. The number of sulfonamides is 1. The van der Waals surface area contributed by atoms with Crippen LogP contribution in [0.2, 0.25) is 0 Å². The number of rotatable bonds is 4. The van der Waals surface area contributed by atoms with Gasteiger partial charge in [-0.15, -0.1) is 0 Å². The minimum absolute atomic E-state index is 0.0773. The van der Waals surface area contributed by atoms with Crippen LogP contribution in [0.1, 0.15) is 27.9 Å². The molecule has 2 N–H and O–H groups in total. The monoisotopic (exact) mass is 387 g/mol. The molecule has 1 fully saturated rings. The third-order valence-corrected chi connectivity index (χ3v) is 6.15. The molecule has 27 heavy (non-hydrogen) atoms. The second kappa shape index (κ2) is 8.10. The number of aryl methyl sites for hydroxylation is 2. The van der Waals surface area contributed by atoms with Gasteiger partial charge in [0, 0.05) is 30.9 Å². The van der Waals surface area contributed by atoms with Crippen LogP contribution in [0.3, 0.4) is 0 Å². The summed E-state index contributed by atoms with van der Waals surface area (Å²) in [5, 5.41) is 3.27. The Balaban J connectivity index is 1.83. The molecule has 0 spiro atoms. The maximum absolute atomic E-state index is 12.8. The molecule has 6 nitrogen and oxygen atoms in total. The molecule has 0 bridgehead atoms. The molecule has 7 heteroatoms. The standard InChI is InChI=1S/C20H25N3O3S/c1-15-7-8-16(2)19(13-15)27(25,26)22-18-6-3-5-17(14-18)20(24)23-11-4-9-21-10-12-23/h3,5-8,13-14,21-22H,4,9-12H2,1-2H3. The van der Waals surface area contributed by atoms with Crippen molar-refractivity contribution in [2.24, 2.45) is 0 Å². The van der Waals surface area contributed by atoms with Crippen LogP contribution in [-0.4, -0.2) is 45.4 Å². The van der Waals surface area contributed by atoms with Gasteiger partial charge in [-0.2, -0.15) is 0 Å². The van der Waals surface area contributed by atoms with Gasteiger partial charge in [0.2, 0.25) is 0 Å². The zero-order valence-corrected chi connectivity index (χ0v) is 16.5. The highest BCUT2D eigenvalue weighted by atomic mass is 32.2. The number of hydrogen-bond donors (Lipinski definition) is 2. The molecule has 1 heterocycles. The second-order valence-electron chi connectivity index (χ2n) is 6.85. The summed E-state index contributed by atoms with van der Waals surface area (Å²) < 4.78 is 28.2. The van der Waals surface area contributed by atoms with Crippen molar-refractivity contribution in [2.45, 2.75) is 25.2 Å². The molecule has 1 aliphatic rings. The Morgan fingerprint density at radius 2 is 1.89 bits per heavy atom. The lowest BCUT2D eigenvalue weighted by molar-refractivity contribution is 0.0766. The highest BCUT2D eigenvalue weighted by Gasteiger charge is 2.20. The maximum Gasteiger partial charge on any atom is 0.262 e. The quantitative estimate of drug-likeness (QED) is 0.845. The summed E-state index contributed by atoms with van der Waals surface area (Å²) in [6.07, 6.45) is 0.907. The topological polar surface area (TPSA) is 78.5 Å². The average Bonchev–Trinajstić information content (AvgIpc) is 2.92. The SMILES string of the molecule is Cc1ccc(C)c(S(=O)(=O)Nc2cccc(C(=O)N3CCCNCC3)c2)c1. The molecule has 1 aliphatic heterocycles. The predicted octanol–water partition coefficient (Wildman–Crippen LogP) is 2.54. The smallest absolute Gasteiger partial charge is 0.262 e. The maximum atomic E-state index is 12.8. The summed E-state index contributed by atoms with van der Waals surface area (Å²) in [6.45, 7) is 6.64. The molecule has 1 amide bonds. The number of anilines is 1. The number of nitrogens with zero attached hydrogens (tertiary/aromatic N) is 1. The first-order chi connectivity index (χ1) is 12.9. The Hall–Kier alpha value is -2.38. The molecule has 144 valence electrons. The van der Waals surface area contributed by atoms with Gasteiger partial charge >= 0.3 is 0 Å². The van der Waals surface area contributed by atoms with E-state index in [1.807, 2.05) is 13.0 Å². The van der Waals surface area contributed by atoms with Crippen LogP contribution >= 0.6 is 0 Å². The second-order valence-corrected chi connectivity index (χ2v) is 8.50. The fourth-order valence-corrected chi connectivity index (χ4v) is 4.53. The van der Waals surface area contributed by atoms with Crippen LogP contribution in [0.25, 0.3) is 0 Å². The molecule has 0 radical (unpaired) electrons. The van der Waals surface area contributed by atoms with Crippen molar-refractivity contribution in [3.63, 3.8) is 0 Å². The van der Waals surface area contributed by atoms with Gasteiger partial charge in [0.25, 0.3) is 15.9 Å². The van der Waals surface area contributed by atoms with E-state index in [1.165, 1.54) is 0 Å². The molecular weight excluding hydrogens is 362 g/mol. The van der Waals surface area contributed by atoms with Gasteiger partial charge in [-0.3, -0.25) is 9.52 Å². The molecule has 2 aromatic carbocycles. The fourth-order valence-electron chi connectivity index (χ4n) is 3.15. The van der Waals surface area contributed by atoms with Crippen LogP contribution in [0, 0.1) is 13.8 Å². The van der Waals surface area contributed by atoms with Crippen LogP contribution in [-0.2, 0) is 10.0 Å². The molecular formula is C20H25N3O3S. The summed E-state index contributed by atoms with van der Waals surface area (Å²) in [5.74, 6) is -0.0773. The normalized spacial score (nSPS) is 15.3. The highest BCUT2D eigenvalue weighted by molar-refractivity contribution is 7.92. The van der Waals surface area contributed by atoms with E-state index < -0.39 is 10.0 Å². The van der Waals surface area contributed by atoms with Gasteiger partial charge in [0.15, 0.2) is 0 Å². The first-order valence-electron chi connectivity index (χ1n) is 9.07. The van der Waals surface area contributed by atoms with E-state index >= 15 is 0 Å². The third-order valence-electron chi connectivity index (χ3n) is 4.62. The lowest BCUT2D eigenvalue weighted by atomic mass is 10.1. The molecule has 2 aromatic rings. The van der Waals surface area contributed by atoms with E-state index in [4.69, 9.17) is 0 Å². The number of amides is 1. The minimum Gasteiger partial charge on any atom is -0.337 e. The van der Waals surface area contributed by atoms with Crippen molar-refractivity contribution >= 4 is 21.6 Å². The summed E-state index contributed by atoms with van der Waals surface area (Å²) in [5.41, 5.74) is 2.42. The number of benzene rings is 2. The van der Waals surface area contributed by atoms with Gasteiger partial charge in [-0.25, -0.2) is 8.42 Å². The van der Waals surface area contributed by atoms with Crippen molar-refractivity contribution in [1.82, 2.24) is 10.2 Å². The molecule has 3 rings (SSSR count). The van der Waals surface area contributed by atoms with Crippen molar-refractivity contribution in [2.75, 3.05) is 30.9 Å². The Bertz CT molecular complexity index is 933. The predicted molar refractivity (Wildman–Crippen MR) is 107 cm³/mol. The van der Waals surface area contributed by atoms with E-state index in [2.05, 4.69) is 10.0 Å². The van der Waals surface area contributed by atoms with Crippen LogP contribution in [0.4, 0.5) is 5.69 Å². The van der Waals surface area contributed by atoms with Gasteiger partial charge in [0.05, 0.1) is 4.90 Å². The van der Waals surface area contributed by atoms with Crippen molar-refractivity contribution < 1.29 is 13.2 Å². The van der Waals surface area contributed by atoms with Crippen molar-refractivity contribution in [3.8, 4) is 0 Å². The third kappa shape index (κ3) is 4.67. The van der Waals surface area contributed by atoms with E-state index in [-0.39, 0.29) is 10.8 Å². The number of carbonyl (C=O) groups is 1. The molecule has 0 saturated carbocycles. The number of carbonyl (C=O) groups excluding carboxylic acids is 1. The van der Waals surface area contributed by atoms with E-state index in [1.54, 1.807) is 48.2 Å². The minimum atomic E-state index is -3.72. The van der Waals surface area contributed by atoms with Crippen molar-refractivity contribution in [1.29, 1.82) is 0 Å². The zero-order valence-electron chi connectivity index (χ0n) is 15.7. The summed E-state index contributed by atoms with van der Waals surface area (Å²) in [4.78, 5) is 14.8. The van der Waals surface area contributed by atoms with Crippen LogP contribution in [0.5, 0.6) is 0 Å². The van der Waals surface area contributed by atoms with Gasteiger partial charge in [-0.1, -0.05) is 18.2 Å². The van der Waals surface area contributed by atoms with Crippen LogP contribution in [0.15, 0.2) is 47.4 Å². The Kier molecular flexibility index (Phi) is 5.82. The largest absolute Gasteiger partial charge is 0.337 e. The highest BCUT2D eigenvalue weighted by Crippen LogP contribution is 2.21. The van der Waals surface area contributed by atoms with Gasteiger partial charge in [-0.05, 0) is 62.2 Å². The van der Waals surface area contributed by atoms with E-state index in [0.717, 1.165) is 25.1 Å². The molecule has 0 atom stereocenters. The molecule has 0 aromatic heterocycles. The van der Waals surface area contributed by atoms with E-state index in [9.17, 15) is 13.2 Å². The van der Waals surface area contributed by atoms with Gasteiger partial charge < -0.3 is 10.2 Å². The summed E-state index contributed by atoms with van der Waals surface area (Å²) in [7, 11) is -3.72. The molecule has 0 unspecified atom stereocenters. The van der Waals surface area contributed by atoms with E-state index in [0.29, 0.717) is 29.9 Å².